The van der Waals surface area contributed by atoms with Crippen LogP contribution >= 0.6 is 0 Å². The minimum absolute atomic E-state index is 0.00675. The number of aromatic amines is 1. The summed E-state index contributed by atoms with van der Waals surface area (Å²) >= 11 is 0. The van der Waals surface area contributed by atoms with Gasteiger partial charge in [0, 0.05) is 25.4 Å². The molecule has 0 radical (unpaired) electrons. The van der Waals surface area contributed by atoms with Crippen molar-refractivity contribution < 1.29 is 23.8 Å². The van der Waals surface area contributed by atoms with E-state index < -0.39 is 0 Å². The van der Waals surface area contributed by atoms with E-state index >= 15 is 0 Å². The highest BCUT2D eigenvalue weighted by Crippen LogP contribution is 2.26. The molecule has 0 spiro atoms. The maximum Gasteiger partial charge on any atom is 0.355 e. The molecule has 1 atom stereocenters. The van der Waals surface area contributed by atoms with E-state index in [2.05, 4.69) is 4.98 Å². The van der Waals surface area contributed by atoms with E-state index in [0.29, 0.717) is 43.3 Å². The Labute approximate surface area is 183 Å². The molecule has 1 aliphatic heterocycles. The Morgan fingerprint density at radius 1 is 1.19 bits per heavy atom. The van der Waals surface area contributed by atoms with E-state index in [1.54, 1.807) is 17.9 Å². The van der Waals surface area contributed by atoms with Crippen molar-refractivity contribution in [1.82, 2.24) is 9.88 Å². The van der Waals surface area contributed by atoms with Gasteiger partial charge in [-0.3, -0.25) is 4.79 Å². The van der Waals surface area contributed by atoms with E-state index in [-0.39, 0.29) is 18.0 Å². The highest BCUT2D eigenvalue weighted by atomic mass is 16.5. The van der Waals surface area contributed by atoms with Crippen LogP contribution in [0.2, 0.25) is 0 Å². The predicted molar refractivity (Wildman–Crippen MR) is 118 cm³/mol. The highest BCUT2D eigenvalue weighted by Gasteiger charge is 2.28. The van der Waals surface area contributed by atoms with Gasteiger partial charge in [-0.1, -0.05) is 12.1 Å². The number of amides is 1. The fraction of sp³-hybridized carbons (Fsp3) is 0.500. The summed E-state index contributed by atoms with van der Waals surface area (Å²) in [7, 11) is 0. The second-order valence-corrected chi connectivity index (χ2v) is 7.70. The van der Waals surface area contributed by atoms with Crippen LogP contribution in [0, 0.1) is 13.8 Å². The van der Waals surface area contributed by atoms with Crippen LogP contribution in [0.4, 0.5) is 0 Å². The molecule has 1 aromatic heterocycles. The van der Waals surface area contributed by atoms with E-state index in [1.165, 1.54) is 0 Å². The van der Waals surface area contributed by atoms with Gasteiger partial charge in [0.1, 0.15) is 11.4 Å². The number of rotatable bonds is 9. The number of benzene rings is 1. The van der Waals surface area contributed by atoms with E-state index in [9.17, 15) is 9.59 Å². The average molecular weight is 429 g/mol. The zero-order valence-corrected chi connectivity index (χ0v) is 18.8. The Balaban J connectivity index is 1.92. The Morgan fingerprint density at radius 3 is 2.65 bits per heavy atom. The van der Waals surface area contributed by atoms with Crippen molar-refractivity contribution >= 4 is 11.9 Å². The van der Waals surface area contributed by atoms with Gasteiger partial charge in [0.15, 0.2) is 0 Å². The molecule has 2 aromatic rings. The first-order valence-electron chi connectivity index (χ1n) is 10.9. The van der Waals surface area contributed by atoms with Crippen molar-refractivity contribution in [3.8, 4) is 5.75 Å². The fourth-order valence-electron chi connectivity index (χ4n) is 3.97. The summed E-state index contributed by atoms with van der Waals surface area (Å²) in [6.07, 6.45) is 1.93. The summed E-state index contributed by atoms with van der Waals surface area (Å²) in [4.78, 5) is 30.8. The van der Waals surface area contributed by atoms with Gasteiger partial charge in [0.25, 0.3) is 5.91 Å². The predicted octanol–water partition coefficient (Wildman–Crippen LogP) is 4.03. The molecule has 0 bridgehead atoms. The van der Waals surface area contributed by atoms with Crippen LogP contribution in [0.5, 0.6) is 5.75 Å². The Kier molecular flexibility index (Phi) is 7.74. The maximum absolute atomic E-state index is 13.6. The van der Waals surface area contributed by atoms with Crippen molar-refractivity contribution in [1.29, 1.82) is 0 Å². The van der Waals surface area contributed by atoms with Crippen LogP contribution in [0.25, 0.3) is 0 Å². The van der Waals surface area contributed by atoms with Gasteiger partial charge >= 0.3 is 5.97 Å². The lowest BCUT2D eigenvalue weighted by Gasteiger charge is -2.27. The first-order valence-corrected chi connectivity index (χ1v) is 10.9. The maximum atomic E-state index is 13.6. The number of carbonyl (C=O) groups is 2. The molecular formula is C24H32N2O5. The summed E-state index contributed by atoms with van der Waals surface area (Å²) in [5.74, 6) is 0.0762. The largest absolute Gasteiger partial charge is 0.493 e. The van der Waals surface area contributed by atoms with Gasteiger partial charge in [-0.25, -0.2) is 4.79 Å². The molecule has 1 aromatic carbocycles. The van der Waals surface area contributed by atoms with Crippen LogP contribution in [-0.4, -0.2) is 54.2 Å². The van der Waals surface area contributed by atoms with E-state index in [1.807, 2.05) is 39.0 Å². The number of aryl methyl sites for hydroxylation is 1. The fourth-order valence-corrected chi connectivity index (χ4v) is 3.97. The monoisotopic (exact) mass is 428 g/mol. The molecule has 1 N–H and O–H groups in total. The number of esters is 1. The molecular weight excluding hydrogens is 396 g/mol. The Bertz CT molecular complexity index is 915. The standard InChI is InChI=1S/C24H32N2O5/c1-5-29-21-12-8-7-11-19(21)23(27)26(14-18-10-9-13-31-18)15-20-16(3)22(25-17(20)4)24(28)30-6-2/h7-8,11-12,18,25H,5-6,9-10,13-15H2,1-4H3/t18-/m0/s1. The summed E-state index contributed by atoms with van der Waals surface area (Å²) in [6.45, 7) is 9.83. The van der Waals surface area contributed by atoms with Gasteiger partial charge < -0.3 is 24.1 Å². The third-order valence-electron chi connectivity index (χ3n) is 5.57. The number of nitrogens with one attached hydrogen (secondary N) is 1. The molecule has 168 valence electrons. The summed E-state index contributed by atoms with van der Waals surface area (Å²) in [5, 5.41) is 0. The third kappa shape index (κ3) is 5.28. The average Bonchev–Trinajstić information content (AvgIpc) is 3.37. The highest BCUT2D eigenvalue weighted by molar-refractivity contribution is 5.97. The summed E-state index contributed by atoms with van der Waals surface area (Å²) in [5.41, 5.74) is 3.54. The lowest BCUT2D eigenvalue weighted by Crippen LogP contribution is -2.37. The van der Waals surface area contributed by atoms with Crippen LogP contribution in [0.1, 0.15) is 64.4 Å². The molecule has 1 aliphatic rings. The number of nitrogens with zero attached hydrogens (tertiary/aromatic N) is 1. The van der Waals surface area contributed by atoms with Crippen LogP contribution in [0.3, 0.4) is 0 Å². The second kappa shape index (κ2) is 10.5. The van der Waals surface area contributed by atoms with Gasteiger partial charge in [-0.05, 0) is 63.8 Å². The van der Waals surface area contributed by atoms with Crippen LogP contribution in [0.15, 0.2) is 24.3 Å². The normalized spacial score (nSPS) is 15.7. The van der Waals surface area contributed by atoms with Gasteiger partial charge in [0.05, 0.1) is 24.9 Å². The Hall–Kier alpha value is -2.80. The second-order valence-electron chi connectivity index (χ2n) is 7.70. The minimum atomic E-state index is -0.381. The third-order valence-corrected chi connectivity index (χ3v) is 5.57. The molecule has 0 saturated carbocycles. The molecule has 2 heterocycles. The number of aromatic nitrogens is 1. The number of H-pyrrole nitrogens is 1. The number of carbonyl (C=O) groups excluding carboxylic acids is 2. The summed E-state index contributed by atoms with van der Waals surface area (Å²) < 4.78 is 16.7. The zero-order chi connectivity index (χ0) is 22.4. The van der Waals surface area contributed by atoms with Crippen LogP contribution < -0.4 is 4.74 Å². The molecule has 1 saturated heterocycles. The topological polar surface area (TPSA) is 80.9 Å². The molecule has 7 nitrogen and oxygen atoms in total. The van der Waals surface area contributed by atoms with Gasteiger partial charge in [-0.15, -0.1) is 0 Å². The smallest absolute Gasteiger partial charge is 0.355 e. The van der Waals surface area contributed by atoms with Crippen molar-refractivity contribution in [2.24, 2.45) is 0 Å². The lowest BCUT2D eigenvalue weighted by molar-refractivity contribution is 0.0503. The van der Waals surface area contributed by atoms with E-state index in [4.69, 9.17) is 14.2 Å². The van der Waals surface area contributed by atoms with Crippen molar-refractivity contribution in [3.05, 3.63) is 52.3 Å². The van der Waals surface area contributed by atoms with Crippen molar-refractivity contribution in [2.75, 3.05) is 26.4 Å². The molecule has 0 aliphatic carbocycles. The Morgan fingerprint density at radius 2 is 1.97 bits per heavy atom. The van der Waals surface area contributed by atoms with Gasteiger partial charge in [-0.2, -0.15) is 0 Å². The molecule has 0 unspecified atom stereocenters. The molecule has 7 heteroatoms. The zero-order valence-electron chi connectivity index (χ0n) is 18.8. The first-order chi connectivity index (χ1) is 15.0. The van der Waals surface area contributed by atoms with Gasteiger partial charge in [0.2, 0.25) is 0 Å². The van der Waals surface area contributed by atoms with Crippen molar-refractivity contribution in [3.63, 3.8) is 0 Å². The lowest BCUT2D eigenvalue weighted by atomic mass is 10.1. The van der Waals surface area contributed by atoms with E-state index in [0.717, 1.165) is 36.3 Å². The molecule has 3 rings (SSSR count). The number of hydrogen-bond acceptors (Lipinski definition) is 5. The van der Waals surface area contributed by atoms with Crippen molar-refractivity contribution in [2.45, 2.75) is 53.2 Å². The quantitative estimate of drug-likeness (QED) is 0.610. The first kappa shape index (κ1) is 22.9. The molecule has 1 fully saturated rings. The number of ether oxygens (including phenoxy) is 3. The van der Waals surface area contributed by atoms with Crippen LogP contribution in [-0.2, 0) is 16.0 Å². The summed E-state index contributed by atoms with van der Waals surface area (Å²) in [6, 6.07) is 7.30. The molecule has 1 amide bonds. The SMILES string of the molecule is CCOC(=O)c1[nH]c(C)c(CN(C[C@@H]2CCCO2)C(=O)c2ccccc2OCC)c1C. The number of para-hydroxylation sites is 1. The minimum Gasteiger partial charge on any atom is -0.493 e. The number of hydrogen-bond donors (Lipinski definition) is 1. The molecule has 31 heavy (non-hydrogen) atoms.